The van der Waals surface area contributed by atoms with E-state index in [1.807, 2.05) is 19.9 Å². The quantitative estimate of drug-likeness (QED) is 0.725. The Kier molecular flexibility index (Phi) is 5.72. The fraction of sp³-hybridized carbons (Fsp3) is 0.571. The van der Waals surface area contributed by atoms with Crippen LogP contribution in [0.5, 0.6) is 0 Å². The van der Waals surface area contributed by atoms with Crippen LogP contribution < -0.4 is 11.1 Å². The molecule has 0 saturated heterocycles. The zero-order valence-electron chi connectivity index (χ0n) is 11.3. The highest BCUT2D eigenvalue weighted by Crippen LogP contribution is 2.17. The van der Waals surface area contributed by atoms with E-state index in [9.17, 15) is 4.39 Å². The van der Waals surface area contributed by atoms with Crippen molar-refractivity contribution >= 4 is 0 Å². The van der Waals surface area contributed by atoms with E-state index in [0.717, 1.165) is 5.56 Å². The minimum absolute atomic E-state index is 0.0934. The number of nitrogens with one attached hydrogen (secondary N) is 1. The first kappa shape index (κ1) is 15.1. The first-order valence-corrected chi connectivity index (χ1v) is 6.32. The van der Waals surface area contributed by atoms with Gasteiger partial charge in [0, 0.05) is 25.2 Å². The van der Waals surface area contributed by atoms with Crippen LogP contribution in [0.25, 0.3) is 0 Å². The molecule has 1 aromatic carbocycles. The van der Waals surface area contributed by atoms with Crippen LogP contribution in [0.2, 0.25) is 0 Å². The van der Waals surface area contributed by atoms with E-state index in [1.54, 1.807) is 13.0 Å². The van der Waals surface area contributed by atoms with Gasteiger partial charge in [-0.25, -0.2) is 4.39 Å². The Morgan fingerprint density at radius 1 is 1.39 bits per heavy atom. The van der Waals surface area contributed by atoms with E-state index >= 15 is 0 Å². The molecule has 18 heavy (non-hydrogen) atoms. The summed E-state index contributed by atoms with van der Waals surface area (Å²) in [6, 6.07) is 5.20. The van der Waals surface area contributed by atoms with Gasteiger partial charge in [-0.1, -0.05) is 19.1 Å². The van der Waals surface area contributed by atoms with Gasteiger partial charge in [0.2, 0.25) is 0 Å². The predicted molar refractivity (Wildman–Crippen MR) is 71.8 cm³/mol. The molecule has 0 aliphatic rings. The molecule has 1 aromatic rings. The third-order valence-corrected chi connectivity index (χ3v) is 3.44. The van der Waals surface area contributed by atoms with Crippen molar-refractivity contribution in [3.8, 4) is 0 Å². The molecule has 4 N–H and O–H groups in total. The predicted octanol–water partition coefficient (Wildman–Crippen LogP) is 1.74. The Morgan fingerprint density at radius 2 is 2.06 bits per heavy atom. The molecule has 0 aliphatic carbocycles. The third kappa shape index (κ3) is 3.77. The first-order chi connectivity index (χ1) is 8.49. The van der Waals surface area contributed by atoms with Crippen molar-refractivity contribution in [3.05, 3.63) is 35.1 Å². The maximum absolute atomic E-state index is 13.5. The SMILES string of the molecule is Cc1ccc(C(CN)NC(C)C(C)CO)cc1F. The van der Waals surface area contributed by atoms with Crippen molar-refractivity contribution < 1.29 is 9.50 Å². The molecule has 0 aliphatic heterocycles. The van der Waals surface area contributed by atoms with Gasteiger partial charge in [-0.2, -0.15) is 0 Å². The van der Waals surface area contributed by atoms with E-state index in [0.29, 0.717) is 12.1 Å². The summed E-state index contributed by atoms with van der Waals surface area (Å²) < 4.78 is 13.5. The lowest BCUT2D eigenvalue weighted by Gasteiger charge is -2.26. The summed E-state index contributed by atoms with van der Waals surface area (Å²) in [5.41, 5.74) is 7.21. The number of halogens is 1. The number of hydrogen-bond donors (Lipinski definition) is 3. The van der Waals surface area contributed by atoms with Gasteiger partial charge in [-0.05, 0) is 37.0 Å². The lowest BCUT2D eigenvalue weighted by atomic mass is 10.00. The average Bonchev–Trinajstić information content (AvgIpc) is 2.38. The van der Waals surface area contributed by atoms with Gasteiger partial charge in [-0.15, -0.1) is 0 Å². The van der Waals surface area contributed by atoms with Crippen molar-refractivity contribution in [2.45, 2.75) is 32.9 Å². The van der Waals surface area contributed by atoms with E-state index in [2.05, 4.69) is 5.32 Å². The van der Waals surface area contributed by atoms with Gasteiger partial charge >= 0.3 is 0 Å². The monoisotopic (exact) mass is 254 g/mol. The van der Waals surface area contributed by atoms with E-state index in [4.69, 9.17) is 10.8 Å². The normalized spacial score (nSPS) is 16.3. The van der Waals surface area contributed by atoms with Crippen molar-refractivity contribution in [2.24, 2.45) is 11.7 Å². The zero-order valence-corrected chi connectivity index (χ0v) is 11.3. The van der Waals surface area contributed by atoms with Crippen LogP contribution in [-0.2, 0) is 0 Å². The number of aryl methyl sites for hydroxylation is 1. The average molecular weight is 254 g/mol. The van der Waals surface area contributed by atoms with Crippen LogP contribution in [0.15, 0.2) is 18.2 Å². The molecule has 0 heterocycles. The van der Waals surface area contributed by atoms with E-state index in [1.165, 1.54) is 6.07 Å². The fourth-order valence-corrected chi connectivity index (χ4v) is 1.77. The number of nitrogens with two attached hydrogens (primary N) is 1. The van der Waals surface area contributed by atoms with Gasteiger partial charge in [0.15, 0.2) is 0 Å². The lowest BCUT2D eigenvalue weighted by molar-refractivity contribution is 0.201. The molecule has 102 valence electrons. The molecule has 0 radical (unpaired) electrons. The van der Waals surface area contributed by atoms with Crippen LogP contribution in [0.3, 0.4) is 0 Å². The van der Waals surface area contributed by atoms with Crippen LogP contribution >= 0.6 is 0 Å². The summed E-state index contributed by atoms with van der Waals surface area (Å²) in [5, 5.41) is 12.4. The molecule has 0 amide bonds. The molecule has 0 spiro atoms. The Balaban J connectivity index is 2.79. The molecule has 0 fully saturated rings. The molecule has 0 saturated carbocycles. The molecule has 4 heteroatoms. The Morgan fingerprint density at radius 3 is 2.56 bits per heavy atom. The molecular formula is C14H23FN2O. The van der Waals surface area contributed by atoms with Crippen LogP contribution in [-0.4, -0.2) is 24.3 Å². The number of hydrogen-bond acceptors (Lipinski definition) is 3. The van der Waals surface area contributed by atoms with E-state index < -0.39 is 0 Å². The topological polar surface area (TPSA) is 58.3 Å². The van der Waals surface area contributed by atoms with Gasteiger partial charge < -0.3 is 16.2 Å². The Hall–Kier alpha value is -0.970. The number of aliphatic hydroxyl groups is 1. The summed E-state index contributed by atoms with van der Waals surface area (Å²) >= 11 is 0. The van der Waals surface area contributed by atoms with Crippen molar-refractivity contribution in [2.75, 3.05) is 13.2 Å². The smallest absolute Gasteiger partial charge is 0.126 e. The lowest BCUT2D eigenvalue weighted by Crippen LogP contribution is -2.39. The minimum atomic E-state index is -0.212. The molecule has 3 unspecified atom stereocenters. The first-order valence-electron chi connectivity index (χ1n) is 6.32. The highest BCUT2D eigenvalue weighted by molar-refractivity contribution is 5.26. The molecule has 3 atom stereocenters. The van der Waals surface area contributed by atoms with Gasteiger partial charge in [0.25, 0.3) is 0 Å². The molecular weight excluding hydrogens is 231 g/mol. The fourth-order valence-electron chi connectivity index (χ4n) is 1.77. The van der Waals surface area contributed by atoms with Gasteiger partial charge in [-0.3, -0.25) is 0 Å². The third-order valence-electron chi connectivity index (χ3n) is 3.44. The summed E-state index contributed by atoms with van der Waals surface area (Å²) in [5.74, 6) is -0.0787. The molecule has 1 rings (SSSR count). The second-order valence-corrected chi connectivity index (χ2v) is 4.91. The summed E-state index contributed by atoms with van der Waals surface area (Å²) in [4.78, 5) is 0. The summed E-state index contributed by atoms with van der Waals surface area (Å²) in [7, 11) is 0. The maximum Gasteiger partial charge on any atom is 0.126 e. The van der Waals surface area contributed by atoms with Gasteiger partial charge in [0.05, 0.1) is 0 Å². The van der Waals surface area contributed by atoms with Crippen LogP contribution in [0.4, 0.5) is 4.39 Å². The van der Waals surface area contributed by atoms with Crippen molar-refractivity contribution in [1.82, 2.24) is 5.32 Å². The van der Waals surface area contributed by atoms with Crippen molar-refractivity contribution in [1.29, 1.82) is 0 Å². The summed E-state index contributed by atoms with van der Waals surface area (Å²) in [6.07, 6.45) is 0. The summed E-state index contributed by atoms with van der Waals surface area (Å²) in [6.45, 7) is 6.20. The van der Waals surface area contributed by atoms with Gasteiger partial charge in [0.1, 0.15) is 5.82 Å². The molecule has 0 bridgehead atoms. The largest absolute Gasteiger partial charge is 0.396 e. The maximum atomic E-state index is 13.5. The molecule has 3 nitrogen and oxygen atoms in total. The number of rotatable bonds is 6. The zero-order chi connectivity index (χ0) is 13.7. The molecule has 0 aromatic heterocycles. The van der Waals surface area contributed by atoms with Crippen LogP contribution in [0, 0.1) is 18.7 Å². The van der Waals surface area contributed by atoms with E-state index in [-0.39, 0.29) is 30.4 Å². The second kappa shape index (κ2) is 6.83. The standard InChI is InChI=1S/C14H23FN2O/c1-9-4-5-12(6-13(9)15)14(7-16)17-11(3)10(2)8-18/h4-6,10-11,14,17-18H,7-8,16H2,1-3H3. The number of aliphatic hydroxyl groups excluding tert-OH is 1. The van der Waals surface area contributed by atoms with Crippen molar-refractivity contribution in [3.63, 3.8) is 0 Å². The second-order valence-electron chi connectivity index (χ2n) is 4.91. The Labute approximate surface area is 108 Å². The number of benzene rings is 1. The Bertz CT molecular complexity index is 384. The van der Waals surface area contributed by atoms with Crippen LogP contribution in [0.1, 0.15) is 31.0 Å². The minimum Gasteiger partial charge on any atom is -0.396 e. The highest BCUT2D eigenvalue weighted by Gasteiger charge is 2.17. The highest BCUT2D eigenvalue weighted by atomic mass is 19.1.